The molecule has 0 aromatic rings. The van der Waals surface area contributed by atoms with E-state index in [0.29, 0.717) is 13.2 Å². The van der Waals surface area contributed by atoms with Gasteiger partial charge in [-0.1, -0.05) is 13.8 Å². The van der Waals surface area contributed by atoms with Gasteiger partial charge in [0.1, 0.15) is 6.04 Å². The lowest BCUT2D eigenvalue weighted by Gasteiger charge is -2.25. The summed E-state index contributed by atoms with van der Waals surface area (Å²) in [5.41, 5.74) is 0. The van der Waals surface area contributed by atoms with Crippen molar-refractivity contribution in [2.45, 2.75) is 32.4 Å². The summed E-state index contributed by atoms with van der Waals surface area (Å²) < 4.78 is 10.1. The van der Waals surface area contributed by atoms with Crippen molar-refractivity contribution in [2.24, 2.45) is 5.92 Å². The third-order valence-electron chi connectivity index (χ3n) is 2.86. The van der Waals surface area contributed by atoms with Crippen molar-refractivity contribution in [3.63, 3.8) is 0 Å². The number of methoxy groups -OCH3 is 1. The first-order chi connectivity index (χ1) is 8.54. The number of amides is 1. The number of carbonyl (C=O) groups excluding carboxylic acids is 2. The maximum atomic E-state index is 11.8. The van der Waals surface area contributed by atoms with Gasteiger partial charge in [-0.2, -0.15) is 0 Å². The number of ether oxygens (including phenoxy) is 2. The summed E-state index contributed by atoms with van der Waals surface area (Å²) in [6.45, 7) is 5.82. The highest BCUT2D eigenvalue weighted by Crippen LogP contribution is 2.06. The number of hydrogen-bond acceptors (Lipinski definition) is 5. The molecule has 1 saturated heterocycles. The number of halogens is 1. The van der Waals surface area contributed by atoms with Gasteiger partial charge in [0.2, 0.25) is 5.91 Å². The third-order valence-corrected chi connectivity index (χ3v) is 2.86. The smallest absolute Gasteiger partial charge is 0.328 e. The average molecular weight is 295 g/mol. The van der Waals surface area contributed by atoms with E-state index < -0.39 is 12.0 Å². The monoisotopic (exact) mass is 294 g/mol. The fourth-order valence-corrected chi connectivity index (χ4v) is 1.81. The maximum absolute atomic E-state index is 11.8. The minimum atomic E-state index is -0.598. The van der Waals surface area contributed by atoms with E-state index in [4.69, 9.17) is 4.74 Å². The Labute approximate surface area is 120 Å². The van der Waals surface area contributed by atoms with E-state index in [1.54, 1.807) is 0 Å². The Hall–Kier alpha value is -0.850. The molecule has 2 N–H and O–H groups in total. The zero-order chi connectivity index (χ0) is 13.5. The minimum absolute atomic E-state index is 0. The molecular weight excluding hydrogens is 272 g/mol. The van der Waals surface area contributed by atoms with Crippen LogP contribution in [0, 0.1) is 5.92 Å². The molecule has 0 aromatic carbocycles. The number of hydrogen-bond donors (Lipinski definition) is 2. The van der Waals surface area contributed by atoms with Crippen LogP contribution in [0.15, 0.2) is 0 Å². The van der Waals surface area contributed by atoms with Crippen molar-refractivity contribution >= 4 is 24.3 Å². The topological polar surface area (TPSA) is 76.7 Å². The number of rotatable bonds is 5. The van der Waals surface area contributed by atoms with Gasteiger partial charge in [0.25, 0.3) is 0 Å². The number of morpholine rings is 1. The Morgan fingerprint density at radius 1 is 1.47 bits per heavy atom. The molecule has 2 atom stereocenters. The molecule has 1 aliphatic rings. The number of carbonyl (C=O) groups is 2. The van der Waals surface area contributed by atoms with Gasteiger partial charge in [0.15, 0.2) is 0 Å². The van der Waals surface area contributed by atoms with Crippen LogP contribution < -0.4 is 10.6 Å². The molecule has 0 radical (unpaired) electrons. The molecule has 19 heavy (non-hydrogen) atoms. The highest BCUT2D eigenvalue weighted by molar-refractivity contribution is 5.85. The molecule has 6 nitrogen and oxygen atoms in total. The van der Waals surface area contributed by atoms with E-state index in [-0.39, 0.29) is 36.8 Å². The average Bonchev–Trinajstić information content (AvgIpc) is 2.36. The van der Waals surface area contributed by atoms with Crippen LogP contribution in [0.1, 0.15) is 20.3 Å². The quantitative estimate of drug-likeness (QED) is 0.704. The largest absolute Gasteiger partial charge is 0.467 e. The van der Waals surface area contributed by atoms with Crippen LogP contribution >= 0.6 is 12.4 Å². The SMILES string of the molecule is COC(=O)C(NC(=O)CC1CNCCO1)C(C)C.Cl. The zero-order valence-corrected chi connectivity index (χ0v) is 12.4. The van der Waals surface area contributed by atoms with Crippen molar-refractivity contribution in [1.82, 2.24) is 10.6 Å². The fourth-order valence-electron chi connectivity index (χ4n) is 1.81. The second-order valence-corrected chi connectivity index (χ2v) is 4.71. The minimum Gasteiger partial charge on any atom is -0.467 e. The van der Waals surface area contributed by atoms with E-state index in [1.165, 1.54) is 7.11 Å². The summed E-state index contributed by atoms with van der Waals surface area (Å²) in [5.74, 6) is -0.611. The van der Waals surface area contributed by atoms with Crippen molar-refractivity contribution in [3.8, 4) is 0 Å². The number of nitrogens with one attached hydrogen (secondary N) is 2. The standard InChI is InChI=1S/C12H22N2O4.ClH/c1-8(2)11(12(16)17-3)14-10(15)6-9-7-13-4-5-18-9;/h8-9,11,13H,4-7H2,1-3H3,(H,14,15);1H. The molecule has 0 bridgehead atoms. The molecule has 112 valence electrons. The van der Waals surface area contributed by atoms with E-state index in [0.717, 1.165) is 6.54 Å². The zero-order valence-electron chi connectivity index (χ0n) is 11.6. The molecule has 1 heterocycles. The lowest BCUT2D eigenvalue weighted by molar-refractivity contribution is -0.146. The Morgan fingerprint density at radius 3 is 2.63 bits per heavy atom. The van der Waals surface area contributed by atoms with Gasteiger partial charge >= 0.3 is 5.97 Å². The molecule has 1 fully saturated rings. The first kappa shape index (κ1) is 18.1. The summed E-state index contributed by atoms with van der Waals surface area (Å²) in [7, 11) is 1.32. The van der Waals surface area contributed by atoms with Crippen LogP contribution in [0.25, 0.3) is 0 Å². The fraction of sp³-hybridized carbons (Fsp3) is 0.833. The lowest BCUT2D eigenvalue weighted by Crippen LogP contribution is -2.47. The third kappa shape index (κ3) is 6.22. The predicted octanol–water partition coefficient (Wildman–Crippen LogP) is 0.101. The molecule has 1 rings (SSSR count). The van der Waals surface area contributed by atoms with Crippen LogP contribution in [-0.4, -0.2) is 50.8 Å². The van der Waals surface area contributed by atoms with Crippen molar-refractivity contribution in [3.05, 3.63) is 0 Å². The van der Waals surface area contributed by atoms with Gasteiger partial charge in [0, 0.05) is 13.1 Å². The molecule has 0 aromatic heterocycles. The van der Waals surface area contributed by atoms with Crippen LogP contribution in [0.2, 0.25) is 0 Å². The molecule has 1 amide bonds. The number of esters is 1. The van der Waals surface area contributed by atoms with Crippen molar-refractivity contribution in [2.75, 3.05) is 26.8 Å². The van der Waals surface area contributed by atoms with Crippen LogP contribution in [-0.2, 0) is 19.1 Å². The molecule has 0 saturated carbocycles. The molecule has 7 heteroatoms. The Morgan fingerprint density at radius 2 is 2.16 bits per heavy atom. The summed E-state index contributed by atoms with van der Waals surface area (Å²) >= 11 is 0. The molecule has 0 aliphatic carbocycles. The van der Waals surface area contributed by atoms with Gasteiger partial charge in [-0.15, -0.1) is 12.4 Å². The highest BCUT2D eigenvalue weighted by Gasteiger charge is 2.26. The molecule has 2 unspecified atom stereocenters. The normalized spacial score (nSPS) is 20.3. The molecule has 1 aliphatic heterocycles. The van der Waals surface area contributed by atoms with E-state index in [2.05, 4.69) is 15.4 Å². The van der Waals surface area contributed by atoms with Crippen LogP contribution in [0.4, 0.5) is 0 Å². The highest BCUT2D eigenvalue weighted by atomic mass is 35.5. The van der Waals surface area contributed by atoms with Crippen LogP contribution in [0.3, 0.4) is 0 Å². The maximum Gasteiger partial charge on any atom is 0.328 e. The van der Waals surface area contributed by atoms with Crippen molar-refractivity contribution < 1.29 is 19.1 Å². The van der Waals surface area contributed by atoms with Crippen LogP contribution in [0.5, 0.6) is 0 Å². The van der Waals surface area contributed by atoms with E-state index in [9.17, 15) is 9.59 Å². The first-order valence-corrected chi connectivity index (χ1v) is 6.24. The summed E-state index contributed by atoms with van der Waals surface area (Å²) in [6, 6.07) is -0.598. The summed E-state index contributed by atoms with van der Waals surface area (Å²) in [5, 5.41) is 5.85. The Balaban J connectivity index is 0.00000324. The van der Waals surface area contributed by atoms with Crippen molar-refractivity contribution in [1.29, 1.82) is 0 Å². The van der Waals surface area contributed by atoms with E-state index in [1.807, 2.05) is 13.8 Å². The van der Waals surface area contributed by atoms with Gasteiger partial charge in [-0.3, -0.25) is 4.79 Å². The molecular formula is C12H23ClN2O4. The summed E-state index contributed by atoms with van der Waals surface area (Å²) in [4.78, 5) is 23.3. The molecule has 0 spiro atoms. The van der Waals surface area contributed by atoms with E-state index >= 15 is 0 Å². The Bertz CT molecular complexity index is 293. The van der Waals surface area contributed by atoms with Gasteiger partial charge in [0.05, 0.1) is 26.2 Å². The van der Waals surface area contributed by atoms with Gasteiger partial charge in [-0.25, -0.2) is 4.79 Å². The Kier molecular flexibility index (Phi) is 8.71. The first-order valence-electron chi connectivity index (χ1n) is 6.24. The van der Waals surface area contributed by atoms with Gasteiger partial charge < -0.3 is 20.1 Å². The van der Waals surface area contributed by atoms with Gasteiger partial charge in [-0.05, 0) is 5.92 Å². The predicted molar refractivity (Wildman–Crippen MR) is 73.3 cm³/mol. The lowest BCUT2D eigenvalue weighted by atomic mass is 10.0. The second kappa shape index (κ2) is 9.12. The second-order valence-electron chi connectivity index (χ2n) is 4.71. The summed E-state index contributed by atoms with van der Waals surface area (Å²) in [6.07, 6.45) is 0.136.